The van der Waals surface area contributed by atoms with Gasteiger partial charge in [-0.1, -0.05) is 24.3 Å². The SMILES string of the molecule is NC(=O)C(=O)Nc1sc2c(c1C(=O)O)CC(C(=O)N1Cc3ccccc3C1)OC2. The number of primary amides is 1. The van der Waals surface area contributed by atoms with E-state index >= 15 is 0 Å². The van der Waals surface area contributed by atoms with Crippen molar-refractivity contribution in [3.05, 3.63) is 51.4 Å². The molecule has 0 saturated heterocycles. The van der Waals surface area contributed by atoms with Gasteiger partial charge in [-0.25, -0.2) is 4.79 Å². The summed E-state index contributed by atoms with van der Waals surface area (Å²) in [5.41, 5.74) is 7.39. The van der Waals surface area contributed by atoms with Gasteiger partial charge in [-0.15, -0.1) is 11.3 Å². The van der Waals surface area contributed by atoms with Crippen LogP contribution in [0.2, 0.25) is 0 Å². The molecule has 10 heteroatoms. The molecule has 0 radical (unpaired) electrons. The maximum absolute atomic E-state index is 13.0. The van der Waals surface area contributed by atoms with Crippen LogP contribution in [0.3, 0.4) is 0 Å². The predicted octanol–water partition coefficient (Wildman–Crippen LogP) is 0.854. The molecule has 150 valence electrons. The van der Waals surface area contributed by atoms with E-state index in [2.05, 4.69) is 5.32 Å². The summed E-state index contributed by atoms with van der Waals surface area (Å²) in [6.07, 6.45) is -0.741. The number of fused-ring (bicyclic) bond motifs is 2. The van der Waals surface area contributed by atoms with Gasteiger partial charge in [0, 0.05) is 24.4 Å². The zero-order valence-corrected chi connectivity index (χ0v) is 16.0. The van der Waals surface area contributed by atoms with Gasteiger partial charge >= 0.3 is 17.8 Å². The van der Waals surface area contributed by atoms with Gasteiger partial charge in [0.1, 0.15) is 11.1 Å². The molecular formula is C19H17N3O6S. The summed E-state index contributed by atoms with van der Waals surface area (Å²) in [5.74, 6) is -3.79. The van der Waals surface area contributed by atoms with E-state index < -0.39 is 23.9 Å². The fraction of sp³-hybridized carbons (Fsp3) is 0.263. The van der Waals surface area contributed by atoms with Gasteiger partial charge in [-0.3, -0.25) is 14.4 Å². The first kappa shape index (κ1) is 19.1. The zero-order valence-electron chi connectivity index (χ0n) is 15.1. The number of nitrogens with two attached hydrogens (primary N) is 1. The van der Waals surface area contributed by atoms with Crippen LogP contribution in [0.15, 0.2) is 24.3 Å². The maximum atomic E-state index is 13.0. The van der Waals surface area contributed by atoms with E-state index in [1.165, 1.54) is 0 Å². The lowest BCUT2D eigenvalue weighted by Gasteiger charge is -2.26. The molecule has 0 fully saturated rings. The molecule has 1 unspecified atom stereocenters. The smallest absolute Gasteiger partial charge is 0.339 e. The number of thiophene rings is 1. The van der Waals surface area contributed by atoms with Gasteiger partial charge in [-0.05, 0) is 16.7 Å². The fourth-order valence-electron chi connectivity index (χ4n) is 3.60. The molecule has 2 aliphatic rings. The van der Waals surface area contributed by atoms with Crippen molar-refractivity contribution in [1.82, 2.24) is 4.90 Å². The standard InChI is InChI=1S/C19H17N3O6S/c20-15(23)16(24)21-17-14(19(26)27)11-5-12(28-8-13(11)29-17)18(25)22-6-9-3-1-2-4-10(9)7-22/h1-4,12H,5-8H2,(H2,20,23)(H,21,24)(H,26,27). The average molecular weight is 415 g/mol. The highest BCUT2D eigenvalue weighted by Gasteiger charge is 2.36. The minimum atomic E-state index is -1.26. The molecule has 3 amide bonds. The van der Waals surface area contributed by atoms with Crippen molar-refractivity contribution in [2.45, 2.75) is 32.2 Å². The monoisotopic (exact) mass is 415 g/mol. The lowest BCUT2D eigenvalue weighted by Crippen LogP contribution is -2.40. The first-order chi connectivity index (χ1) is 13.8. The molecule has 0 aliphatic carbocycles. The maximum Gasteiger partial charge on any atom is 0.339 e. The normalized spacial score (nSPS) is 17.4. The molecule has 29 heavy (non-hydrogen) atoms. The largest absolute Gasteiger partial charge is 0.478 e. The quantitative estimate of drug-likeness (QED) is 0.635. The molecule has 9 nitrogen and oxygen atoms in total. The summed E-state index contributed by atoms with van der Waals surface area (Å²) < 4.78 is 5.70. The second-order valence-corrected chi connectivity index (χ2v) is 7.90. The highest BCUT2D eigenvalue weighted by atomic mass is 32.1. The third-order valence-corrected chi connectivity index (χ3v) is 6.11. The van der Waals surface area contributed by atoms with E-state index in [0.717, 1.165) is 22.5 Å². The predicted molar refractivity (Wildman–Crippen MR) is 102 cm³/mol. The second-order valence-electron chi connectivity index (χ2n) is 6.80. The molecule has 3 heterocycles. The summed E-state index contributed by atoms with van der Waals surface area (Å²) in [6, 6.07) is 7.78. The minimum absolute atomic E-state index is 0.0107. The summed E-state index contributed by atoms with van der Waals surface area (Å²) in [4.78, 5) is 49.6. The van der Waals surface area contributed by atoms with Crippen molar-refractivity contribution in [3.8, 4) is 0 Å². The number of ether oxygens (including phenoxy) is 1. The first-order valence-corrected chi connectivity index (χ1v) is 9.62. The molecule has 1 aromatic carbocycles. The Kier molecular flexibility index (Phi) is 4.81. The Hall–Kier alpha value is -3.24. The number of amides is 3. The third-order valence-electron chi connectivity index (χ3n) is 4.99. The number of benzene rings is 1. The Morgan fingerprint density at radius 3 is 2.41 bits per heavy atom. The van der Waals surface area contributed by atoms with Crippen LogP contribution in [0.4, 0.5) is 5.00 Å². The molecule has 0 bridgehead atoms. The Morgan fingerprint density at radius 2 is 1.83 bits per heavy atom. The Labute approximate surface area is 169 Å². The lowest BCUT2D eigenvalue weighted by atomic mass is 10.00. The molecule has 0 spiro atoms. The number of carboxylic acid groups (broad SMARTS) is 1. The Balaban J connectivity index is 1.56. The van der Waals surface area contributed by atoms with Crippen LogP contribution >= 0.6 is 11.3 Å². The zero-order chi connectivity index (χ0) is 20.7. The van der Waals surface area contributed by atoms with E-state index in [1.807, 2.05) is 24.3 Å². The van der Waals surface area contributed by atoms with E-state index in [1.54, 1.807) is 4.90 Å². The molecular weight excluding hydrogens is 398 g/mol. The summed E-state index contributed by atoms with van der Waals surface area (Å²) >= 11 is 1.00. The van der Waals surface area contributed by atoms with Crippen molar-refractivity contribution in [2.24, 2.45) is 5.73 Å². The molecule has 0 saturated carbocycles. The lowest BCUT2D eigenvalue weighted by molar-refractivity contribution is -0.146. The van der Waals surface area contributed by atoms with Crippen LogP contribution in [-0.4, -0.2) is 39.8 Å². The Bertz CT molecular complexity index is 1020. The third kappa shape index (κ3) is 3.47. The Morgan fingerprint density at radius 1 is 1.17 bits per heavy atom. The topological polar surface area (TPSA) is 139 Å². The summed E-state index contributed by atoms with van der Waals surface area (Å²) in [7, 11) is 0. The van der Waals surface area contributed by atoms with Crippen molar-refractivity contribution in [1.29, 1.82) is 0 Å². The number of carbonyl (C=O) groups is 4. The number of nitrogens with zero attached hydrogens (tertiary/aromatic N) is 1. The van der Waals surface area contributed by atoms with Gasteiger partial charge in [-0.2, -0.15) is 0 Å². The molecule has 1 aromatic heterocycles. The average Bonchev–Trinajstić information content (AvgIpc) is 3.27. The number of carboxylic acids is 1. The van der Waals surface area contributed by atoms with Crippen LogP contribution in [0.5, 0.6) is 0 Å². The molecule has 1 atom stereocenters. The van der Waals surface area contributed by atoms with Crippen molar-refractivity contribution in [2.75, 3.05) is 5.32 Å². The van der Waals surface area contributed by atoms with Crippen molar-refractivity contribution < 1.29 is 29.0 Å². The molecule has 4 rings (SSSR count). The number of carbonyl (C=O) groups excluding carboxylic acids is 3. The molecule has 4 N–H and O–H groups in total. The van der Waals surface area contributed by atoms with Gasteiger partial charge < -0.3 is 25.8 Å². The number of anilines is 1. The van der Waals surface area contributed by atoms with E-state index in [0.29, 0.717) is 23.5 Å². The number of nitrogens with one attached hydrogen (secondary N) is 1. The van der Waals surface area contributed by atoms with Crippen LogP contribution in [0.1, 0.15) is 31.9 Å². The van der Waals surface area contributed by atoms with Crippen molar-refractivity contribution >= 4 is 40.0 Å². The number of hydrogen-bond acceptors (Lipinski definition) is 6. The first-order valence-electron chi connectivity index (χ1n) is 8.81. The highest BCUT2D eigenvalue weighted by Crippen LogP contribution is 2.38. The van der Waals surface area contributed by atoms with E-state index in [4.69, 9.17) is 10.5 Å². The fourth-order valence-corrected chi connectivity index (χ4v) is 4.73. The van der Waals surface area contributed by atoms with Crippen molar-refractivity contribution in [3.63, 3.8) is 0 Å². The number of rotatable bonds is 3. The van der Waals surface area contributed by atoms with Crippen LogP contribution < -0.4 is 11.1 Å². The van der Waals surface area contributed by atoms with Crippen LogP contribution in [0.25, 0.3) is 0 Å². The number of aromatic carboxylic acids is 1. The van der Waals surface area contributed by atoms with Gasteiger partial charge in [0.05, 0.1) is 12.2 Å². The minimum Gasteiger partial charge on any atom is -0.478 e. The summed E-state index contributed by atoms with van der Waals surface area (Å²) in [5, 5.41) is 11.9. The van der Waals surface area contributed by atoms with Crippen LogP contribution in [0, 0.1) is 0 Å². The van der Waals surface area contributed by atoms with E-state index in [-0.39, 0.29) is 29.5 Å². The number of hydrogen-bond donors (Lipinski definition) is 3. The molecule has 2 aromatic rings. The van der Waals surface area contributed by atoms with Crippen LogP contribution in [-0.2, 0) is 45.2 Å². The second kappa shape index (κ2) is 7.30. The molecule has 2 aliphatic heterocycles. The van der Waals surface area contributed by atoms with Gasteiger partial charge in [0.15, 0.2) is 0 Å². The van der Waals surface area contributed by atoms with Gasteiger partial charge in [0.2, 0.25) is 0 Å². The summed E-state index contributed by atoms with van der Waals surface area (Å²) in [6.45, 7) is 1.01. The van der Waals surface area contributed by atoms with E-state index in [9.17, 15) is 24.3 Å². The highest BCUT2D eigenvalue weighted by molar-refractivity contribution is 7.17. The van der Waals surface area contributed by atoms with Gasteiger partial charge in [0.25, 0.3) is 5.91 Å².